The molecule has 1 amide bonds. The van der Waals surface area contributed by atoms with Crippen LogP contribution in [0.15, 0.2) is 22.7 Å². The van der Waals surface area contributed by atoms with E-state index in [9.17, 15) is 9.18 Å². The number of rotatable bonds is 2. The van der Waals surface area contributed by atoms with Crippen molar-refractivity contribution in [3.05, 3.63) is 34.1 Å². The number of benzene rings is 1. The van der Waals surface area contributed by atoms with Crippen LogP contribution in [0.2, 0.25) is 0 Å². The average molecular weight is 328 g/mol. The van der Waals surface area contributed by atoms with Gasteiger partial charge < -0.3 is 5.32 Å². The van der Waals surface area contributed by atoms with Crippen LogP contribution < -0.4 is 5.32 Å². The average Bonchev–Trinajstić information content (AvgIpc) is 2.26. The number of amides is 1. The molecule has 0 heterocycles. The minimum Gasteiger partial charge on any atom is -0.349 e. The summed E-state index contributed by atoms with van der Waals surface area (Å²) >= 11 is 3.24. The zero-order chi connectivity index (χ0) is 14.0. The van der Waals surface area contributed by atoms with Crippen LogP contribution in [0, 0.1) is 17.7 Å². The Labute approximate surface area is 121 Å². The molecule has 0 aromatic heterocycles. The first-order valence-corrected chi connectivity index (χ1v) is 7.51. The number of carbonyl (C=O) groups is 1. The SMILES string of the molecule is CC1CC(C)CC(NC(=O)c2c(F)cccc2Br)C1. The lowest BCUT2D eigenvalue weighted by Gasteiger charge is -2.32. The maximum Gasteiger partial charge on any atom is 0.255 e. The van der Waals surface area contributed by atoms with E-state index in [0.29, 0.717) is 16.3 Å². The Hall–Kier alpha value is -0.900. The topological polar surface area (TPSA) is 29.1 Å². The molecule has 2 rings (SSSR count). The Morgan fingerprint density at radius 1 is 1.26 bits per heavy atom. The van der Waals surface area contributed by atoms with Crippen LogP contribution >= 0.6 is 15.9 Å². The first-order valence-electron chi connectivity index (χ1n) is 6.72. The minimum absolute atomic E-state index is 0.105. The van der Waals surface area contributed by atoms with Crippen molar-refractivity contribution in [3.63, 3.8) is 0 Å². The van der Waals surface area contributed by atoms with Crippen molar-refractivity contribution in [1.82, 2.24) is 5.32 Å². The van der Waals surface area contributed by atoms with Crippen LogP contribution in [0.25, 0.3) is 0 Å². The van der Waals surface area contributed by atoms with Gasteiger partial charge in [0, 0.05) is 10.5 Å². The highest BCUT2D eigenvalue weighted by atomic mass is 79.9. The highest BCUT2D eigenvalue weighted by molar-refractivity contribution is 9.10. The van der Waals surface area contributed by atoms with Gasteiger partial charge in [-0.25, -0.2) is 4.39 Å². The first kappa shape index (κ1) is 14.5. The second-order valence-corrected chi connectivity index (χ2v) is 6.54. The predicted octanol–water partition coefficient (Wildman–Crippen LogP) is 4.14. The van der Waals surface area contributed by atoms with Gasteiger partial charge in [0.1, 0.15) is 5.82 Å². The van der Waals surface area contributed by atoms with Gasteiger partial charge in [-0.3, -0.25) is 4.79 Å². The molecule has 0 aliphatic heterocycles. The molecule has 1 fully saturated rings. The van der Waals surface area contributed by atoms with Gasteiger partial charge >= 0.3 is 0 Å². The lowest BCUT2D eigenvalue weighted by molar-refractivity contribution is 0.0906. The summed E-state index contributed by atoms with van der Waals surface area (Å²) in [4.78, 5) is 12.2. The maximum absolute atomic E-state index is 13.7. The van der Waals surface area contributed by atoms with Crippen LogP contribution in [-0.2, 0) is 0 Å². The van der Waals surface area contributed by atoms with Crippen molar-refractivity contribution in [2.45, 2.75) is 39.2 Å². The van der Waals surface area contributed by atoms with Gasteiger partial charge in [0.15, 0.2) is 0 Å². The Balaban J connectivity index is 2.09. The van der Waals surface area contributed by atoms with Gasteiger partial charge in [-0.1, -0.05) is 19.9 Å². The maximum atomic E-state index is 13.7. The molecule has 0 saturated heterocycles. The molecular formula is C15H19BrFNO. The quantitative estimate of drug-likeness (QED) is 0.868. The van der Waals surface area contributed by atoms with Crippen LogP contribution in [0.3, 0.4) is 0 Å². The van der Waals surface area contributed by atoms with E-state index < -0.39 is 5.82 Å². The van der Waals surface area contributed by atoms with E-state index in [1.54, 1.807) is 12.1 Å². The second kappa shape index (κ2) is 6.04. The van der Waals surface area contributed by atoms with Gasteiger partial charge in [0.25, 0.3) is 5.91 Å². The van der Waals surface area contributed by atoms with Crippen LogP contribution in [0.1, 0.15) is 43.5 Å². The lowest BCUT2D eigenvalue weighted by atomic mass is 9.80. The fourth-order valence-electron chi connectivity index (χ4n) is 3.04. The summed E-state index contributed by atoms with van der Waals surface area (Å²) < 4.78 is 14.2. The molecule has 19 heavy (non-hydrogen) atoms. The van der Waals surface area contributed by atoms with E-state index in [0.717, 1.165) is 12.8 Å². The molecule has 0 spiro atoms. The molecule has 1 aliphatic rings. The molecule has 1 N–H and O–H groups in total. The van der Waals surface area contributed by atoms with Gasteiger partial charge in [-0.2, -0.15) is 0 Å². The molecule has 2 atom stereocenters. The number of halogens is 2. The third-order valence-corrected chi connectivity index (χ3v) is 4.36. The number of nitrogens with one attached hydrogen (secondary N) is 1. The number of carbonyl (C=O) groups excluding carboxylic acids is 1. The Bertz CT molecular complexity index is 447. The summed E-state index contributed by atoms with van der Waals surface area (Å²) in [6, 6.07) is 4.73. The smallest absolute Gasteiger partial charge is 0.255 e. The third kappa shape index (κ3) is 3.56. The highest BCUT2D eigenvalue weighted by Crippen LogP contribution is 2.29. The normalized spacial score (nSPS) is 27.1. The molecule has 2 unspecified atom stereocenters. The van der Waals surface area contributed by atoms with E-state index in [1.165, 1.54) is 12.5 Å². The molecule has 1 saturated carbocycles. The summed E-state index contributed by atoms with van der Waals surface area (Å²) in [6.45, 7) is 4.40. The summed E-state index contributed by atoms with van der Waals surface area (Å²) in [7, 11) is 0. The van der Waals surface area contributed by atoms with Crippen molar-refractivity contribution < 1.29 is 9.18 Å². The second-order valence-electron chi connectivity index (χ2n) is 5.68. The van der Waals surface area contributed by atoms with E-state index in [-0.39, 0.29) is 17.5 Å². The van der Waals surface area contributed by atoms with Gasteiger partial charge in [0.2, 0.25) is 0 Å². The Morgan fingerprint density at radius 2 is 1.89 bits per heavy atom. The van der Waals surface area contributed by atoms with Crippen LogP contribution in [-0.4, -0.2) is 11.9 Å². The minimum atomic E-state index is -0.483. The molecule has 0 bridgehead atoms. The van der Waals surface area contributed by atoms with E-state index >= 15 is 0 Å². The largest absolute Gasteiger partial charge is 0.349 e. The van der Waals surface area contributed by atoms with E-state index in [1.807, 2.05) is 0 Å². The third-order valence-electron chi connectivity index (χ3n) is 3.70. The van der Waals surface area contributed by atoms with Gasteiger partial charge in [-0.05, 0) is 59.2 Å². The molecule has 1 aromatic rings. The molecule has 2 nitrogen and oxygen atoms in total. The molecular weight excluding hydrogens is 309 g/mol. The van der Waals surface area contributed by atoms with E-state index in [4.69, 9.17) is 0 Å². The molecule has 4 heteroatoms. The van der Waals surface area contributed by atoms with Crippen molar-refractivity contribution in [2.24, 2.45) is 11.8 Å². The molecule has 1 aliphatic carbocycles. The van der Waals surface area contributed by atoms with E-state index in [2.05, 4.69) is 35.1 Å². The standard InChI is InChI=1S/C15H19BrFNO/c1-9-6-10(2)8-11(7-9)18-15(19)14-12(16)4-3-5-13(14)17/h3-5,9-11H,6-8H2,1-2H3,(H,18,19). The monoisotopic (exact) mass is 327 g/mol. The van der Waals surface area contributed by atoms with Gasteiger partial charge in [-0.15, -0.1) is 0 Å². The number of hydrogen-bond donors (Lipinski definition) is 1. The summed E-state index contributed by atoms with van der Waals surface area (Å²) in [6.07, 6.45) is 3.15. The Morgan fingerprint density at radius 3 is 2.47 bits per heavy atom. The van der Waals surface area contributed by atoms with Crippen molar-refractivity contribution in [3.8, 4) is 0 Å². The summed E-state index contributed by atoms with van der Waals surface area (Å²) in [5.41, 5.74) is 0.105. The van der Waals surface area contributed by atoms with Crippen molar-refractivity contribution >= 4 is 21.8 Å². The lowest BCUT2D eigenvalue weighted by Crippen LogP contribution is -2.40. The predicted molar refractivity (Wildman–Crippen MR) is 77.5 cm³/mol. The molecule has 104 valence electrons. The highest BCUT2D eigenvalue weighted by Gasteiger charge is 2.26. The summed E-state index contributed by atoms with van der Waals surface area (Å²) in [5, 5.41) is 2.97. The zero-order valence-corrected chi connectivity index (χ0v) is 12.8. The first-order chi connectivity index (χ1) is 8.97. The number of hydrogen-bond acceptors (Lipinski definition) is 1. The van der Waals surface area contributed by atoms with Crippen molar-refractivity contribution in [2.75, 3.05) is 0 Å². The molecule has 1 aromatic carbocycles. The zero-order valence-electron chi connectivity index (χ0n) is 11.2. The van der Waals surface area contributed by atoms with Crippen LogP contribution in [0.5, 0.6) is 0 Å². The molecule has 0 radical (unpaired) electrons. The van der Waals surface area contributed by atoms with Gasteiger partial charge in [0.05, 0.1) is 5.56 Å². The van der Waals surface area contributed by atoms with Crippen LogP contribution in [0.4, 0.5) is 4.39 Å². The fourth-order valence-corrected chi connectivity index (χ4v) is 3.56. The van der Waals surface area contributed by atoms with Crippen molar-refractivity contribution in [1.29, 1.82) is 0 Å². The Kier molecular flexibility index (Phi) is 4.61. The fraction of sp³-hybridized carbons (Fsp3) is 0.533. The summed E-state index contributed by atoms with van der Waals surface area (Å²) in [5.74, 6) is 0.413.